The first-order chi connectivity index (χ1) is 8.04. The zero-order chi connectivity index (χ0) is 12.7. The third-order valence-corrected chi connectivity index (χ3v) is 2.92. The molecule has 0 aliphatic rings. The molecule has 0 aliphatic carbocycles. The Labute approximate surface area is 106 Å². The van der Waals surface area contributed by atoms with Crippen LogP contribution in [0, 0.1) is 0 Å². The monoisotopic (exact) mass is 231 g/mol. The lowest BCUT2D eigenvalue weighted by molar-refractivity contribution is 0.590. The second kappa shape index (κ2) is 6.61. The van der Waals surface area contributed by atoms with Crippen LogP contribution < -0.4 is 5.73 Å². The van der Waals surface area contributed by atoms with Crippen molar-refractivity contribution in [2.45, 2.75) is 45.4 Å². The summed E-state index contributed by atoms with van der Waals surface area (Å²) in [4.78, 5) is 0. The van der Waals surface area contributed by atoms with Gasteiger partial charge in [-0.15, -0.1) is 0 Å². The van der Waals surface area contributed by atoms with Gasteiger partial charge >= 0.3 is 0 Å². The minimum absolute atomic E-state index is 0.246. The largest absolute Gasteiger partial charge is 0.330 e. The smallest absolute Gasteiger partial charge is 0.00743 e. The molecule has 0 heterocycles. The molecule has 1 rings (SSSR count). The average Bonchev–Trinajstić information content (AvgIpc) is 2.28. The van der Waals surface area contributed by atoms with E-state index in [0.717, 1.165) is 25.8 Å². The minimum Gasteiger partial charge on any atom is -0.330 e. The number of hydrogen-bond acceptors (Lipinski definition) is 1. The molecule has 0 fully saturated rings. The van der Waals surface area contributed by atoms with Crippen LogP contribution in [0.15, 0.2) is 36.4 Å². The van der Waals surface area contributed by atoms with Gasteiger partial charge in [0.15, 0.2) is 0 Å². The molecule has 1 heteroatoms. The van der Waals surface area contributed by atoms with E-state index in [9.17, 15) is 0 Å². The third kappa shape index (κ3) is 5.18. The van der Waals surface area contributed by atoms with E-state index in [1.807, 2.05) is 0 Å². The van der Waals surface area contributed by atoms with Crippen LogP contribution >= 0.6 is 0 Å². The van der Waals surface area contributed by atoms with E-state index in [-0.39, 0.29) is 5.41 Å². The van der Waals surface area contributed by atoms with Gasteiger partial charge in [0.05, 0.1) is 0 Å². The van der Waals surface area contributed by atoms with Crippen LogP contribution in [0.25, 0.3) is 0 Å². The molecule has 0 spiro atoms. The molecule has 0 bridgehead atoms. The fraction of sp³-hybridized carbons (Fsp3) is 0.500. The highest BCUT2D eigenvalue weighted by atomic mass is 14.5. The Morgan fingerprint density at radius 3 is 2.24 bits per heavy atom. The van der Waals surface area contributed by atoms with Crippen LogP contribution in [0.4, 0.5) is 0 Å². The van der Waals surface area contributed by atoms with Gasteiger partial charge < -0.3 is 5.73 Å². The molecule has 0 radical (unpaired) electrons. The summed E-state index contributed by atoms with van der Waals surface area (Å²) >= 11 is 0. The van der Waals surface area contributed by atoms with Gasteiger partial charge in [0.1, 0.15) is 0 Å². The lowest BCUT2D eigenvalue weighted by Gasteiger charge is -2.18. The number of allylic oxidation sites excluding steroid dienone is 2. The highest BCUT2D eigenvalue weighted by molar-refractivity contribution is 5.28. The van der Waals surface area contributed by atoms with Gasteiger partial charge in [0.25, 0.3) is 0 Å². The molecule has 0 aromatic heterocycles. The number of nitrogens with two attached hydrogens (primary N) is 1. The number of unbranched alkanes of at least 4 members (excludes halogenated alkanes) is 1. The molecular weight excluding hydrogens is 206 g/mol. The van der Waals surface area contributed by atoms with Crippen molar-refractivity contribution in [3.8, 4) is 0 Å². The molecule has 1 aromatic rings. The van der Waals surface area contributed by atoms with Gasteiger partial charge in [-0.05, 0) is 42.3 Å². The highest BCUT2D eigenvalue weighted by Gasteiger charge is 2.12. The highest BCUT2D eigenvalue weighted by Crippen LogP contribution is 2.22. The molecule has 1 aromatic carbocycles. The first-order valence-corrected chi connectivity index (χ1v) is 6.48. The molecule has 0 amide bonds. The Morgan fingerprint density at radius 1 is 1.06 bits per heavy atom. The SMILES string of the molecule is CC(C)(C)c1ccc(CC=CCCCN)cc1. The summed E-state index contributed by atoms with van der Waals surface area (Å²) in [6.07, 6.45) is 7.66. The summed E-state index contributed by atoms with van der Waals surface area (Å²) in [5.74, 6) is 0. The van der Waals surface area contributed by atoms with Crippen LogP contribution in [0.3, 0.4) is 0 Å². The Bertz CT molecular complexity index is 341. The second-order valence-corrected chi connectivity index (χ2v) is 5.55. The van der Waals surface area contributed by atoms with Crippen molar-refractivity contribution < 1.29 is 0 Å². The molecular formula is C16H25N. The number of benzene rings is 1. The van der Waals surface area contributed by atoms with Gasteiger partial charge in [0.2, 0.25) is 0 Å². The van der Waals surface area contributed by atoms with E-state index in [4.69, 9.17) is 5.73 Å². The second-order valence-electron chi connectivity index (χ2n) is 5.55. The first kappa shape index (κ1) is 14.0. The van der Waals surface area contributed by atoms with Crippen molar-refractivity contribution >= 4 is 0 Å². The van der Waals surface area contributed by atoms with Crippen LogP contribution in [0.5, 0.6) is 0 Å². The van der Waals surface area contributed by atoms with Crippen molar-refractivity contribution in [2.75, 3.05) is 6.54 Å². The van der Waals surface area contributed by atoms with Crippen molar-refractivity contribution in [2.24, 2.45) is 5.73 Å². The van der Waals surface area contributed by atoms with Gasteiger partial charge in [0, 0.05) is 0 Å². The summed E-state index contributed by atoms with van der Waals surface area (Å²) in [7, 11) is 0. The molecule has 1 nitrogen and oxygen atoms in total. The topological polar surface area (TPSA) is 26.0 Å². The zero-order valence-electron chi connectivity index (χ0n) is 11.4. The minimum atomic E-state index is 0.246. The maximum atomic E-state index is 5.45. The maximum absolute atomic E-state index is 5.45. The van der Waals surface area contributed by atoms with Crippen molar-refractivity contribution in [1.29, 1.82) is 0 Å². The molecule has 0 saturated heterocycles. The Hall–Kier alpha value is -1.08. The molecule has 0 unspecified atom stereocenters. The zero-order valence-corrected chi connectivity index (χ0v) is 11.4. The summed E-state index contributed by atoms with van der Waals surface area (Å²) < 4.78 is 0. The lowest BCUT2D eigenvalue weighted by Crippen LogP contribution is -2.10. The number of rotatable bonds is 5. The van der Waals surface area contributed by atoms with E-state index in [1.54, 1.807) is 0 Å². The van der Waals surface area contributed by atoms with E-state index < -0.39 is 0 Å². The first-order valence-electron chi connectivity index (χ1n) is 6.48. The average molecular weight is 231 g/mol. The van der Waals surface area contributed by atoms with Gasteiger partial charge in [-0.25, -0.2) is 0 Å². The van der Waals surface area contributed by atoms with Gasteiger partial charge in [-0.3, -0.25) is 0 Å². The molecule has 94 valence electrons. The molecule has 17 heavy (non-hydrogen) atoms. The summed E-state index contributed by atoms with van der Waals surface area (Å²) in [5, 5.41) is 0. The standard InChI is InChI=1S/C16H25N/c1-16(2,3)15-11-9-14(10-12-15)8-6-4-5-7-13-17/h4,6,9-12H,5,7-8,13,17H2,1-3H3. The third-order valence-electron chi connectivity index (χ3n) is 2.92. The van der Waals surface area contributed by atoms with Gasteiger partial charge in [-0.2, -0.15) is 0 Å². The predicted octanol–water partition coefficient (Wildman–Crippen LogP) is 3.82. The van der Waals surface area contributed by atoms with Crippen LogP contribution in [0.2, 0.25) is 0 Å². The van der Waals surface area contributed by atoms with Crippen LogP contribution in [-0.2, 0) is 11.8 Å². The molecule has 0 saturated carbocycles. The summed E-state index contributed by atoms with van der Waals surface area (Å²) in [5.41, 5.74) is 8.46. The molecule has 2 N–H and O–H groups in total. The predicted molar refractivity (Wildman–Crippen MR) is 76.3 cm³/mol. The van der Waals surface area contributed by atoms with Crippen molar-refractivity contribution in [3.63, 3.8) is 0 Å². The Kier molecular flexibility index (Phi) is 5.43. The fourth-order valence-electron chi connectivity index (χ4n) is 1.71. The Morgan fingerprint density at radius 2 is 1.71 bits per heavy atom. The Balaban J connectivity index is 2.49. The maximum Gasteiger partial charge on any atom is -0.00743 e. The van der Waals surface area contributed by atoms with E-state index in [1.165, 1.54) is 11.1 Å². The van der Waals surface area contributed by atoms with Crippen LogP contribution in [-0.4, -0.2) is 6.54 Å². The molecule has 0 aliphatic heterocycles. The van der Waals surface area contributed by atoms with Crippen molar-refractivity contribution in [1.82, 2.24) is 0 Å². The quantitative estimate of drug-likeness (QED) is 0.605. The fourth-order valence-corrected chi connectivity index (χ4v) is 1.71. The summed E-state index contributed by atoms with van der Waals surface area (Å²) in [6, 6.07) is 8.94. The van der Waals surface area contributed by atoms with Gasteiger partial charge in [-0.1, -0.05) is 57.2 Å². The molecule has 0 atom stereocenters. The van der Waals surface area contributed by atoms with E-state index >= 15 is 0 Å². The van der Waals surface area contributed by atoms with E-state index in [2.05, 4.69) is 57.2 Å². The summed E-state index contributed by atoms with van der Waals surface area (Å²) in [6.45, 7) is 7.52. The van der Waals surface area contributed by atoms with Crippen LogP contribution in [0.1, 0.15) is 44.7 Å². The van der Waals surface area contributed by atoms with Crippen molar-refractivity contribution in [3.05, 3.63) is 47.5 Å². The van der Waals surface area contributed by atoms with E-state index in [0.29, 0.717) is 0 Å². The normalized spacial score (nSPS) is 12.2. The lowest BCUT2D eigenvalue weighted by atomic mass is 9.86. The number of hydrogen-bond donors (Lipinski definition) is 1.